The van der Waals surface area contributed by atoms with Gasteiger partial charge >= 0.3 is 0 Å². The van der Waals surface area contributed by atoms with Crippen molar-refractivity contribution >= 4 is 43.2 Å². The van der Waals surface area contributed by atoms with Crippen molar-refractivity contribution in [2.75, 3.05) is 11.3 Å². The lowest BCUT2D eigenvalue weighted by Crippen LogP contribution is -2.13. The molecule has 0 aliphatic heterocycles. The Hall–Kier alpha value is -1.08. The Kier molecular flexibility index (Phi) is 5.27. The fourth-order valence-electron chi connectivity index (χ4n) is 1.74. The molecule has 2 aromatic rings. The first-order chi connectivity index (χ1) is 9.92. The number of benzene rings is 2. The minimum atomic E-state index is -3.65. The van der Waals surface area contributed by atoms with Gasteiger partial charge in [0.15, 0.2) is 0 Å². The van der Waals surface area contributed by atoms with E-state index in [0.29, 0.717) is 21.6 Å². The second kappa shape index (κ2) is 6.79. The molecule has 0 saturated carbocycles. The van der Waals surface area contributed by atoms with Gasteiger partial charge in [0.2, 0.25) is 0 Å². The monoisotopic (exact) mass is 389 g/mol. The smallest absolute Gasteiger partial charge is 0.261 e. The molecule has 0 fully saturated rings. The van der Waals surface area contributed by atoms with Crippen LogP contribution in [0.5, 0.6) is 0 Å². The van der Waals surface area contributed by atoms with Crippen LogP contribution in [0.25, 0.3) is 0 Å². The molecule has 7 heteroatoms. The van der Waals surface area contributed by atoms with Crippen molar-refractivity contribution in [3.05, 3.63) is 57.5 Å². The summed E-state index contributed by atoms with van der Waals surface area (Å²) in [6.07, 6.45) is 0.498. The molecular formula is C14H13BrClNO3S. The topological polar surface area (TPSA) is 66.4 Å². The predicted molar refractivity (Wildman–Crippen MR) is 87.2 cm³/mol. The maximum absolute atomic E-state index is 12.3. The fourth-order valence-corrected chi connectivity index (χ4v) is 3.28. The zero-order valence-electron chi connectivity index (χ0n) is 10.9. The van der Waals surface area contributed by atoms with Gasteiger partial charge in [0.25, 0.3) is 10.0 Å². The number of anilines is 1. The van der Waals surface area contributed by atoms with Gasteiger partial charge in [-0.2, -0.15) is 0 Å². The summed E-state index contributed by atoms with van der Waals surface area (Å²) in [5.74, 6) is 0. The Bertz CT molecular complexity index is 732. The molecule has 0 heterocycles. The lowest BCUT2D eigenvalue weighted by Gasteiger charge is -2.09. The number of nitrogens with one attached hydrogen (secondary N) is 1. The van der Waals surface area contributed by atoms with Gasteiger partial charge in [0, 0.05) is 11.1 Å². The van der Waals surface area contributed by atoms with Gasteiger partial charge < -0.3 is 5.11 Å². The highest BCUT2D eigenvalue weighted by Gasteiger charge is 2.14. The van der Waals surface area contributed by atoms with E-state index < -0.39 is 10.0 Å². The first kappa shape index (κ1) is 16.3. The first-order valence-corrected chi connectivity index (χ1v) is 8.75. The molecule has 0 atom stereocenters. The van der Waals surface area contributed by atoms with Crippen LogP contribution < -0.4 is 4.72 Å². The average Bonchev–Trinajstić information content (AvgIpc) is 2.44. The number of halogens is 2. The van der Waals surface area contributed by atoms with Crippen molar-refractivity contribution in [3.8, 4) is 0 Å². The number of aliphatic hydroxyl groups excluding tert-OH is 1. The van der Waals surface area contributed by atoms with Gasteiger partial charge in [-0.3, -0.25) is 4.72 Å². The second-order valence-electron chi connectivity index (χ2n) is 4.35. The van der Waals surface area contributed by atoms with Crippen molar-refractivity contribution in [1.82, 2.24) is 0 Å². The van der Waals surface area contributed by atoms with Crippen LogP contribution in [-0.2, 0) is 16.4 Å². The standard InChI is InChI=1S/C14H13BrClNO3S/c15-13-9-11(3-6-14(13)16)17-21(19,20)12-4-1-10(2-5-12)7-8-18/h1-6,9,17-18H,7-8H2. The van der Waals surface area contributed by atoms with E-state index >= 15 is 0 Å². The van der Waals surface area contributed by atoms with Gasteiger partial charge in [-0.15, -0.1) is 0 Å². The molecule has 0 bridgehead atoms. The maximum Gasteiger partial charge on any atom is 0.261 e. The first-order valence-electron chi connectivity index (χ1n) is 6.10. The summed E-state index contributed by atoms with van der Waals surface area (Å²) in [6.45, 7) is 0.0309. The van der Waals surface area contributed by atoms with E-state index in [-0.39, 0.29) is 11.5 Å². The van der Waals surface area contributed by atoms with E-state index in [4.69, 9.17) is 16.7 Å². The lowest BCUT2D eigenvalue weighted by atomic mass is 10.2. The quantitative estimate of drug-likeness (QED) is 0.822. The van der Waals surface area contributed by atoms with E-state index in [9.17, 15) is 8.42 Å². The van der Waals surface area contributed by atoms with E-state index in [2.05, 4.69) is 20.7 Å². The SMILES string of the molecule is O=S(=O)(Nc1ccc(Cl)c(Br)c1)c1ccc(CCO)cc1. The molecule has 0 radical (unpaired) electrons. The highest BCUT2D eigenvalue weighted by Crippen LogP contribution is 2.27. The molecule has 112 valence electrons. The molecule has 4 nitrogen and oxygen atoms in total. The maximum atomic E-state index is 12.3. The summed E-state index contributed by atoms with van der Waals surface area (Å²) in [6, 6.07) is 11.2. The highest BCUT2D eigenvalue weighted by atomic mass is 79.9. The molecule has 2 N–H and O–H groups in total. The summed E-state index contributed by atoms with van der Waals surface area (Å²) in [7, 11) is -3.65. The minimum absolute atomic E-state index is 0.0309. The van der Waals surface area contributed by atoms with Crippen LogP contribution in [0.15, 0.2) is 51.8 Å². The van der Waals surface area contributed by atoms with Crippen molar-refractivity contribution in [2.45, 2.75) is 11.3 Å². The fraction of sp³-hybridized carbons (Fsp3) is 0.143. The molecule has 0 aliphatic rings. The zero-order valence-corrected chi connectivity index (χ0v) is 14.0. The minimum Gasteiger partial charge on any atom is -0.396 e. The van der Waals surface area contributed by atoms with E-state index in [1.165, 1.54) is 12.1 Å². The van der Waals surface area contributed by atoms with E-state index in [0.717, 1.165) is 5.56 Å². The lowest BCUT2D eigenvalue weighted by molar-refractivity contribution is 0.299. The molecule has 0 spiro atoms. The second-order valence-corrected chi connectivity index (χ2v) is 7.30. The molecule has 2 rings (SSSR count). The van der Waals surface area contributed by atoms with Crippen LogP contribution in [0.1, 0.15) is 5.56 Å². The molecule has 21 heavy (non-hydrogen) atoms. The van der Waals surface area contributed by atoms with Gasteiger partial charge in [0.05, 0.1) is 15.6 Å². The molecule has 0 unspecified atom stereocenters. The molecule has 0 aliphatic carbocycles. The summed E-state index contributed by atoms with van der Waals surface area (Å²) in [4.78, 5) is 0.162. The number of hydrogen-bond donors (Lipinski definition) is 2. The number of aliphatic hydroxyl groups is 1. The van der Waals surface area contributed by atoms with Crippen molar-refractivity contribution < 1.29 is 13.5 Å². The molecule has 0 aromatic heterocycles. The van der Waals surface area contributed by atoms with Crippen molar-refractivity contribution in [1.29, 1.82) is 0 Å². The summed E-state index contributed by atoms with van der Waals surface area (Å²) >= 11 is 9.12. The highest BCUT2D eigenvalue weighted by molar-refractivity contribution is 9.10. The van der Waals surface area contributed by atoms with Gasteiger partial charge in [-0.25, -0.2) is 8.42 Å². The Labute approximate surface area is 136 Å². The van der Waals surface area contributed by atoms with Crippen molar-refractivity contribution in [3.63, 3.8) is 0 Å². The Morgan fingerprint density at radius 1 is 1.14 bits per heavy atom. The van der Waals surface area contributed by atoms with Crippen LogP contribution in [0.3, 0.4) is 0 Å². The number of sulfonamides is 1. The van der Waals surface area contributed by atoms with Gasteiger partial charge in [-0.1, -0.05) is 23.7 Å². The van der Waals surface area contributed by atoms with Crippen LogP contribution in [-0.4, -0.2) is 20.1 Å². The number of rotatable bonds is 5. The summed E-state index contributed by atoms with van der Waals surface area (Å²) in [5, 5.41) is 9.35. The normalized spacial score (nSPS) is 11.4. The average molecular weight is 391 g/mol. The predicted octanol–water partition coefficient (Wildman–Crippen LogP) is 3.44. The Morgan fingerprint density at radius 2 is 1.81 bits per heavy atom. The third kappa shape index (κ3) is 4.20. The summed E-state index contributed by atoms with van der Waals surface area (Å²) < 4.78 is 27.6. The van der Waals surface area contributed by atoms with Gasteiger partial charge in [0.1, 0.15) is 0 Å². The molecule has 0 saturated heterocycles. The van der Waals surface area contributed by atoms with E-state index in [1.807, 2.05) is 0 Å². The summed E-state index contributed by atoms with van der Waals surface area (Å²) in [5.41, 5.74) is 1.30. The third-order valence-electron chi connectivity index (χ3n) is 2.81. The largest absolute Gasteiger partial charge is 0.396 e. The number of hydrogen-bond acceptors (Lipinski definition) is 3. The molecule has 2 aromatic carbocycles. The van der Waals surface area contributed by atoms with Crippen molar-refractivity contribution in [2.24, 2.45) is 0 Å². The molecular weight excluding hydrogens is 378 g/mol. The third-order valence-corrected chi connectivity index (χ3v) is 5.42. The van der Waals surface area contributed by atoms with Crippen LogP contribution >= 0.6 is 27.5 Å². The van der Waals surface area contributed by atoms with Crippen LogP contribution in [0.4, 0.5) is 5.69 Å². The Morgan fingerprint density at radius 3 is 2.38 bits per heavy atom. The zero-order chi connectivity index (χ0) is 15.5. The Balaban J connectivity index is 2.23. The van der Waals surface area contributed by atoms with Crippen LogP contribution in [0, 0.1) is 0 Å². The van der Waals surface area contributed by atoms with Crippen LogP contribution in [0.2, 0.25) is 5.02 Å². The van der Waals surface area contributed by atoms with Gasteiger partial charge in [-0.05, 0) is 58.2 Å². The van der Waals surface area contributed by atoms with E-state index in [1.54, 1.807) is 30.3 Å². The molecule has 0 amide bonds.